The summed E-state index contributed by atoms with van der Waals surface area (Å²) in [7, 11) is 0. The number of nitro benzene ring substituents is 1. The average Bonchev–Trinajstić information content (AvgIpc) is 2.53. The highest BCUT2D eigenvalue weighted by Crippen LogP contribution is 2.31. The first-order valence-corrected chi connectivity index (χ1v) is 6.32. The highest BCUT2D eigenvalue weighted by molar-refractivity contribution is 5.88. The van der Waals surface area contributed by atoms with Crippen molar-refractivity contribution in [1.82, 2.24) is 0 Å². The maximum atomic E-state index is 11.5. The summed E-state index contributed by atoms with van der Waals surface area (Å²) in [6.45, 7) is 0. The van der Waals surface area contributed by atoms with E-state index >= 15 is 0 Å². The van der Waals surface area contributed by atoms with Gasteiger partial charge in [-0.2, -0.15) is 5.10 Å². The predicted molar refractivity (Wildman–Crippen MR) is 78.4 cm³/mol. The van der Waals surface area contributed by atoms with Crippen molar-refractivity contribution in [3.8, 4) is 0 Å². The molecule has 1 aliphatic rings. The van der Waals surface area contributed by atoms with Gasteiger partial charge in [-0.1, -0.05) is 24.3 Å². The third-order valence-electron chi connectivity index (χ3n) is 3.35. The van der Waals surface area contributed by atoms with Crippen molar-refractivity contribution >= 4 is 23.9 Å². The molecule has 21 heavy (non-hydrogen) atoms. The van der Waals surface area contributed by atoms with Crippen LogP contribution in [-0.4, -0.2) is 17.4 Å². The van der Waals surface area contributed by atoms with E-state index in [4.69, 9.17) is 0 Å². The fourth-order valence-corrected chi connectivity index (χ4v) is 2.31. The topological polar surface area (TPSA) is 75.8 Å². The SMILES string of the molecule is O=CC1c2ccccc2C=NN1c1ccc([N+](=O)[O-])cc1. The molecule has 0 radical (unpaired) electrons. The molecule has 1 atom stereocenters. The lowest BCUT2D eigenvalue weighted by molar-refractivity contribution is -0.384. The van der Waals surface area contributed by atoms with Gasteiger partial charge < -0.3 is 4.79 Å². The van der Waals surface area contributed by atoms with E-state index in [1.165, 1.54) is 12.1 Å². The quantitative estimate of drug-likeness (QED) is 0.492. The first kappa shape index (κ1) is 13.0. The minimum Gasteiger partial charge on any atom is -0.301 e. The molecule has 0 fully saturated rings. The van der Waals surface area contributed by atoms with Crippen LogP contribution in [-0.2, 0) is 4.79 Å². The number of aldehydes is 1. The molecule has 2 aromatic carbocycles. The van der Waals surface area contributed by atoms with Crippen molar-refractivity contribution in [2.75, 3.05) is 5.01 Å². The van der Waals surface area contributed by atoms with Crippen LogP contribution >= 0.6 is 0 Å². The minimum absolute atomic E-state index is 0.00259. The van der Waals surface area contributed by atoms with E-state index in [1.807, 2.05) is 24.3 Å². The molecule has 104 valence electrons. The number of hydrazone groups is 1. The summed E-state index contributed by atoms with van der Waals surface area (Å²) in [5, 5.41) is 16.5. The van der Waals surface area contributed by atoms with Crippen molar-refractivity contribution in [3.05, 3.63) is 69.8 Å². The van der Waals surface area contributed by atoms with Crippen LogP contribution in [0.15, 0.2) is 53.6 Å². The van der Waals surface area contributed by atoms with Crippen LogP contribution in [0.25, 0.3) is 0 Å². The lowest BCUT2D eigenvalue weighted by Crippen LogP contribution is -2.28. The molecule has 6 nitrogen and oxygen atoms in total. The Labute approximate surface area is 120 Å². The number of rotatable bonds is 3. The maximum Gasteiger partial charge on any atom is 0.269 e. The van der Waals surface area contributed by atoms with Crippen LogP contribution in [0.4, 0.5) is 11.4 Å². The molecule has 0 spiro atoms. The molecule has 3 rings (SSSR count). The fraction of sp³-hybridized carbons (Fsp3) is 0.0667. The predicted octanol–water partition coefficient (Wildman–Crippen LogP) is 2.69. The van der Waals surface area contributed by atoms with E-state index in [9.17, 15) is 14.9 Å². The zero-order valence-corrected chi connectivity index (χ0v) is 10.9. The molecule has 0 saturated heterocycles. The Morgan fingerprint density at radius 2 is 1.86 bits per heavy atom. The first-order chi connectivity index (χ1) is 10.2. The molecule has 0 amide bonds. The third kappa shape index (κ3) is 2.27. The van der Waals surface area contributed by atoms with Crippen molar-refractivity contribution < 1.29 is 9.72 Å². The number of non-ortho nitro benzene ring substituents is 1. The first-order valence-electron chi connectivity index (χ1n) is 6.32. The Morgan fingerprint density at radius 3 is 2.52 bits per heavy atom. The van der Waals surface area contributed by atoms with Crippen molar-refractivity contribution in [2.45, 2.75) is 6.04 Å². The van der Waals surface area contributed by atoms with Gasteiger partial charge in [-0.15, -0.1) is 0 Å². The number of hydrogen-bond donors (Lipinski definition) is 0. The van der Waals surface area contributed by atoms with E-state index in [2.05, 4.69) is 5.10 Å². The van der Waals surface area contributed by atoms with Crippen LogP contribution in [0.3, 0.4) is 0 Å². The maximum absolute atomic E-state index is 11.5. The molecule has 2 aromatic rings. The second-order valence-corrected chi connectivity index (χ2v) is 4.57. The molecule has 1 heterocycles. The lowest BCUT2D eigenvalue weighted by Gasteiger charge is -2.29. The molecular formula is C15H11N3O3. The van der Waals surface area contributed by atoms with Gasteiger partial charge >= 0.3 is 0 Å². The molecule has 0 aliphatic carbocycles. The van der Waals surface area contributed by atoms with Crippen LogP contribution in [0.1, 0.15) is 17.2 Å². The average molecular weight is 281 g/mol. The smallest absolute Gasteiger partial charge is 0.269 e. The van der Waals surface area contributed by atoms with E-state index in [1.54, 1.807) is 23.4 Å². The van der Waals surface area contributed by atoms with Crippen molar-refractivity contribution in [1.29, 1.82) is 0 Å². The van der Waals surface area contributed by atoms with E-state index in [0.717, 1.165) is 17.4 Å². The molecule has 0 N–H and O–H groups in total. The van der Waals surface area contributed by atoms with E-state index in [0.29, 0.717) is 5.69 Å². The van der Waals surface area contributed by atoms with Crippen molar-refractivity contribution in [3.63, 3.8) is 0 Å². The molecular weight excluding hydrogens is 270 g/mol. The van der Waals surface area contributed by atoms with Crippen molar-refractivity contribution in [2.24, 2.45) is 5.10 Å². The molecule has 0 aromatic heterocycles. The monoisotopic (exact) mass is 281 g/mol. The normalized spacial score (nSPS) is 16.4. The van der Waals surface area contributed by atoms with Gasteiger partial charge in [0.2, 0.25) is 0 Å². The molecule has 1 aliphatic heterocycles. The largest absolute Gasteiger partial charge is 0.301 e. The Hall–Kier alpha value is -3.02. The minimum atomic E-state index is -0.535. The highest BCUT2D eigenvalue weighted by atomic mass is 16.6. The van der Waals surface area contributed by atoms with Gasteiger partial charge in [-0.3, -0.25) is 15.1 Å². The summed E-state index contributed by atoms with van der Waals surface area (Å²) in [5.41, 5.74) is 2.39. The Bertz CT molecular complexity index is 725. The zero-order valence-electron chi connectivity index (χ0n) is 10.9. The van der Waals surface area contributed by atoms with Gasteiger partial charge in [0, 0.05) is 17.7 Å². The highest BCUT2D eigenvalue weighted by Gasteiger charge is 2.25. The number of carbonyl (C=O) groups excluding carboxylic acids is 1. The number of nitro groups is 1. The summed E-state index contributed by atoms with van der Waals surface area (Å²) >= 11 is 0. The number of benzene rings is 2. The Kier molecular flexibility index (Phi) is 3.19. The number of hydrogen-bond acceptors (Lipinski definition) is 5. The number of carbonyl (C=O) groups is 1. The molecule has 0 saturated carbocycles. The summed E-state index contributed by atoms with van der Waals surface area (Å²) < 4.78 is 0. The third-order valence-corrected chi connectivity index (χ3v) is 3.35. The van der Waals surface area contributed by atoms with Crippen LogP contribution in [0.2, 0.25) is 0 Å². The Morgan fingerprint density at radius 1 is 1.14 bits per heavy atom. The fourth-order valence-electron chi connectivity index (χ4n) is 2.31. The Balaban J connectivity index is 1.99. The van der Waals surface area contributed by atoms with Gasteiger partial charge in [0.05, 0.1) is 16.8 Å². The summed E-state index contributed by atoms with van der Waals surface area (Å²) in [6.07, 6.45) is 2.49. The lowest BCUT2D eigenvalue weighted by atomic mass is 9.99. The molecule has 0 bridgehead atoms. The van der Waals surface area contributed by atoms with E-state index < -0.39 is 11.0 Å². The summed E-state index contributed by atoms with van der Waals surface area (Å²) in [4.78, 5) is 21.7. The number of nitrogens with zero attached hydrogens (tertiary/aromatic N) is 3. The van der Waals surface area contributed by atoms with E-state index in [-0.39, 0.29) is 5.69 Å². The molecule has 1 unspecified atom stereocenters. The van der Waals surface area contributed by atoms with Gasteiger partial charge in [-0.05, 0) is 17.7 Å². The standard InChI is InChI=1S/C15H11N3O3/c19-10-15-14-4-2-1-3-11(14)9-16-17(15)12-5-7-13(8-6-12)18(20)21/h1-10,15H. The van der Waals surface area contributed by atoms with Crippen LogP contribution in [0, 0.1) is 10.1 Å². The summed E-state index contributed by atoms with van der Waals surface area (Å²) in [6, 6.07) is 12.9. The van der Waals surface area contributed by atoms with Crippen LogP contribution in [0.5, 0.6) is 0 Å². The second-order valence-electron chi connectivity index (χ2n) is 4.57. The van der Waals surface area contributed by atoms with Gasteiger partial charge in [0.15, 0.2) is 0 Å². The molecule has 6 heteroatoms. The number of anilines is 1. The zero-order chi connectivity index (χ0) is 14.8. The summed E-state index contributed by atoms with van der Waals surface area (Å²) in [5.74, 6) is 0. The van der Waals surface area contributed by atoms with Gasteiger partial charge in [0.1, 0.15) is 12.3 Å². The van der Waals surface area contributed by atoms with Gasteiger partial charge in [0.25, 0.3) is 5.69 Å². The van der Waals surface area contributed by atoms with Crippen LogP contribution < -0.4 is 5.01 Å². The number of fused-ring (bicyclic) bond motifs is 1. The second kappa shape index (κ2) is 5.16. The van der Waals surface area contributed by atoms with Gasteiger partial charge in [-0.25, -0.2) is 0 Å².